The Bertz CT molecular complexity index is 674. The topological polar surface area (TPSA) is 37.4 Å². The molecule has 2 fully saturated rings. The largest absolute Gasteiger partial charge is 0.382 e. The van der Waals surface area contributed by atoms with Crippen LogP contribution >= 0.6 is 15.9 Å². The molecule has 1 N–H and O–H groups in total. The maximum atomic E-state index is 5.91. The predicted molar refractivity (Wildman–Crippen MR) is 92.3 cm³/mol. The van der Waals surface area contributed by atoms with Crippen molar-refractivity contribution in [2.24, 2.45) is 0 Å². The predicted octanol–water partition coefficient (Wildman–Crippen LogP) is 3.27. The van der Waals surface area contributed by atoms with Crippen LogP contribution in [0.25, 0.3) is 10.9 Å². The number of rotatable bonds is 4. The van der Waals surface area contributed by atoms with Gasteiger partial charge in [-0.15, -0.1) is 0 Å². The van der Waals surface area contributed by atoms with E-state index < -0.39 is 0 Å². The minimum Gasteiger partial charge on any atom is -0.382 e. The van der Waals surface area contributed by atoms with Gasteiger partial charge in [-0.05, 0) is 40.9 Å². The van der Waals surface area contributed by atoms with Crippen LogP contribution in [0.4, 0.5) is 5.69 Å². The number of para-hydroxylation sites is 1. The van der Waals surface area contributed by atoms with Crippen LogP contribution in [-0.2, 0) is 4.74 Å². The third-order valence-corrected chi connectivity index (χ3v) is 5.12. The van der Waals surface area contributed by atoms with Crippen molar-refractivity contribution in [3.05, 3.63) is 34.9 Å². The molecule has 1 unspecified atom stereocenters. The summed E-state index contributed by atoms with van der Waals surface area (Å²) in [6.45, 7) is 3.83. The maximum Gasteiger partial charge on any atom is 0.0874 e. The zero-order valence-corrected chi connectivity index (χ0v) is 14.1. The molecular weight excluding hydrogens is 342 g/mol. The first kappa shape index (κ1) is 14.4. The minimum absolute atomic E-state index is 0.268. The minimum atomic E-state index is 0.268. The molecule has 0 bridgehead atoms. The summed E-state index contributed by atoms with van der Waals surface area (Å²) >= 11 is 3.57. The van der Waals surface area contributed by atoms with Crippen LogP contribution in [-0.4, -0.2) is 48.3 Å². The highest BCUT2D eigenvalue weighted by atomic mass is 79.9. The van der Waals surface area contributed by atoms with Crippen LogP contribution in [0.5, 0.6) is 0 Å². The van der Waals surface area contributed by atoms with Crippen molar-refractivity contribution in [3.63, 3.8) is 0 Å². The van der Waals surface area contributed by atoms with Crippen LogP contribution < -0.4 is 5.32 Å². The first-order valence-electron chi connectivity index (χ1n) is 7.94. The highest BCUT2D eigenvalue weighted by Crippen LogP contribution is 2.29. The number of hydrogen-bond donors (Lipinski definition) is 1. The molecule has 116 valence electrons. The van der Waals surface area contributed by atoms with Gasteiger partial charge in [0, 0.05) is 47.4 Å². The average Bonchev–Trinajstić information content (AvgIpc) is 3.39. The fourth-order valence-corrected chi connectivity index (χ4v) is 3.62. The number of nitrogens with one attached hydrogen (secondary N) is 1. The van der Waals surface area contributed by atoms with E-state index in [1.54, 1.807) is 0 Å². The lowest BCUT2D eigenvalue weighted by atomic mass is 10.2. The Morgan fingerprint density at radius 1 is 1.32 bits per heavy atom. The van der Waals surface area contributed by atoms with Gasteiger partial charge < -0.3 is 10.1 Å². The first-order chi connectivity index (χ1) is 10.8. The Hall–Kier alpha value is -1.17. The van der Waals surface area contributed by atoms with E-state index in [2.05, 4.69) is 37.2 Å². The van der Waals surface area contributed by atoms with Gasteiger partial charge in [0.05, 0.1) is 18.2 Å². The lowest BCUT2D eigenvalue weighted by molar-refractivity contribution is -0.0241. The molecule has 1 atom stereocenters. The molecule has 2 heterocycles. The number of aromatic nitrogens is 1. The third kappa shape index (κ3) is 2.98. The Kier molecular flexibility index (Phi) is 4.03. The smallest absolute Gasteiger partial charge is 0.0874 e. The van der Waals surface area contributed by atoms with Crippen LogP contribution in [0.1, 0.15) is 12.8 Å². The molecule has 1 aromatic carbocycles. The molecule has 4 nitrogen and oxygen atoms in total. The monoisotopic (exact) mass is 361 g/mol. The van der Waals surface area contributed by atoms with Gasteiger partial charge in [0.15, 0.2) is 0 Å². The highest BCUT2D eigenvalue weighted by Gasteiger charge is 2.32. The summed E-state index contributed by atoms with van der Waals surface area (Å²) in [6.07, 6.45) is 4.85. The van der Waals surface area contributed by atoms with Crippen LogP contribution in [0, 0.1) is 0 Å². The second-order valence-electron chi connectivity index (χ2n) is 6.09. The zero-order chi connectivity index (χ0) is 14.9. The molecule has 1 aromatic heterocycles. The molecule has 1 aliphatic heterocycles. The first-order valence-corrected chi connectivity index (χ1v) is 8.73. The van der Waals surface area contributed by atoms with Crippen molar-refractivity contribution in [1.82, 2.24) is 9.88 Å². The third-order valence-electron chi connectivity index (χ3n) is 4.48. The summed E-state index contributed by atoms with van der Waals surface area (Å²) < 4.78 is 6.94. The highest BCUT2D eigenvalue weighted by molar-refractivity contribution is 9.10. The van der Waals surface area contributed by atoms with Crippen molar-refractivity contribution in [3.8, 4) is 0 Å². The molecule has 2 aromatic rings. The summed E-state index contributed by atoms with van der Waals surface area (Å²) in [6, 6.07) is 9.04. The molecule has 2 aliphatic rings. The van der Waals surface area contributed by atoms with E-state index in [1.165, 1.54) is 12.8 Å². The average molecular weight is 362 g/mol. The van der Waals surface area contributed by atoms with E-state index in [4.69, 9.17) is 4.74 Å². The molecule has 0 amide bonds. The Labute approximate surface area is 139 Å². The molecule has 4 rings (SSSR count). The normalized spacial score (nSPS) is 22.9. The fraction of sp³-hybridized carbons (Fsp3) is 0.471. The Morgan fingerprint density at radius 2 is 2.23 bits per heavy atom. The number of morpholine rings is 1. The van der Waals surface area contributed by atoms with Crippen LogP contribution in [0.15, 0.2) is 34.9 Å². The maximum absolute atomic E-state index is 5.91. The lowest BCUT2D eigenvalue weighted by Crippen LogP contribution is -2.46. The van der Waals surface area contributed by atoms with Crippen molar-refractivity contribution in [1.29, 1.82) is 0 Å². The summed E-state index contributed by atoms with van der Waals surface area (Å²) in [5, 5.41) is 4.70. The number of ether oxygens (including phenoxy) is 1. The number of pyridine rings is 1. The molecule has 0 spiro atoms. The summed E-state index contributed by atoms with van der Waals surface area (Å²) in [7, 11) is 0. The van der Waals surface area contributed by atoms with Gasteiger partial charge >= 0.3 is 0 Å². The van der Waals surface area contributed by atoms with Crippen molar-refractivity contribution < 1.29 is 4.74 Å². The summed E-state index contributed by atoms with van der Waals surface area (Å²) in [4.78, 5) is 7.03. The van der Waals surface area contributed by atoms with Crippen molar-refractivity contribution in [2.75, 3.05) is 31.6 Å². The van der Waals surface area contributed by atoms with Gasteiger partial charge in [0.25, 0.3) is 0 Å². The number of nitrogens with zero attached hydrogens (tertiary/aromatic N) is 2. The number of hydrogen-bond acceptors (Lipinski definition) is 4. The number of halogens is 1. The molecular formula is C17H20BrN3O. The molecule has 1 saturated heterocycles. The number of fused-ring (bicyclic) bond motifs is 1. The Morgan fingerprint density at radius 3 is 3.09 bits per heavy atom. The fourth-order valence-electron chi connectivity index (χ4n) is 3.15. The van der Waals surface area contributed by atoms with E-state index in [0.29, 0.717) is 0 Å². The second-order valence-corrected chi connectivity index (χ2v) is 6.95. The number of benzene rings is 1. The molecule has 5 heteroatoms. The van der Waals surface area contributed by atoms with E-state index in [0.717, 1.165) is 53.3 Å². The summed E-state index contributed by atoms with van der Waals surface area (Å²) in [5.74, 6) is 0. The molecule has 22 heavy (non-hydrogen) atoms. The van der Waals surface area contributed by atoms with E-state index in [-0.39, 0.29) is 6.10 Å². The van der Waals surface area contributed by atoms with Gasteiger partial charge in [-0.3, -0.25) is 9.88 Å². The van der Waals surface area contributed by atoms with Crippen molar-refractivity contribution in [2.45, 2.75) is 25.0 Å². The quantitative estimate of drug-likeness (QED) is 0.906. The molecule has 0 radical (unpaired) electrons. The standard InChI is InChI=1S/C17H20BrN3O/c18-15-3-1-2-14-16(6-7-19-17(14)15)20-10-13-11-21(8-9-22-13)12-4-5-12/h1-3,6-7,12-13H,4-5,8-11H2,(H,19,20). The van der Waals surface area contributed by atoms with E-state index >= 15 is 0 Å². The Balaban J connectivity index is 1.46. The molecule has 1 aliphatic carbocycles. The van der Waals surface area contributed by atoms with Crippen LogP contribution in [0.2, 0.25) is 0 Å². The van der Waals surface area contributed by atoms with Gasteiger partial charge in [-0.2, -0.15) is 0 Å². The molecule has 1 saturated carbocycles. The van der Waals surface area contributed by atoms with Gasteiger partial charge in [0.2, 0.25) is 0 Å². The second kappa shape index (κ2) is 6.14. The van der Waals surface area contributed by atoms with E-state index in [9.17, 15) is 0 Å². The SMILES string of the molecule is Brc1cccc2c(NCC3CN(C4CC4)CCO3)ccnc12. The van der Waals surface area contributed by atoms with Gasteiger partial charge in [0.1, 0.15) is 0 Å². The summed E-state index contributed by atoms with van der Waals surface area (Å²) in [5.41, 5.74) is 2.12. The van der Waals surface area contributed by atoms with Crippen molar-refractivity contribution >= 4 is 32.5 Å². The zero-order valence-electron chi connectivity index (χ0n) is 12.5. The van der Waals surface area contributed by atoms with Crippen LogP contribution in [0.3, 0.4) is 0 Å². The van der Waals surface area contributed by atoms with Gasteiger partial charge in [-0.1, -0.05) is 12.1 Å². The van der Waals surface area contributed by atoms with Gasteiger partial charge in [-0.25, -0.2) is 0 Å². The number of anilines is 1. The van der Waals surface area contributed by atoms with E-state index in [1.807, 2.05) is 24.4 Å². The lowest BCUT2D eigenvalue weighted by Gasteiger charge is -2.33.